The number of fused-ring (bicyclic) bond motifs is 1. The number of hydrogen-bond acceptors (Lipinski definition) is 24. The minimum absolute atomic E-state index is 0.0208. The van der Waals surface area contributed by atoms with Crippen molar-refractivity contribution in [2.75, 3.05) is 30.6 Å². The number of hydrogen-bond donors (Lipinski definition) is 18. The number of nitrogens with one attached hydrogen (secondary N) is 6. The van der Waals surface area contributed by atoms with E-state index in [0.717, 1.165) is 38.7 Å². The summed E-state index contributed by atoms with van der Waals surface area (Å²) >= 11 is 27.1. The van der Waals surface area contributed by atoms with E-state index in [4.69, 9.17) is 104 Å². The number of para-hydroxylation sites is 1. The minimum Gasteiger partial charge on any atom is -0.480 e. The predicted octanol–water partition coefficient (Wildman–Crippen LogP) is 13.5. The first-order valence-corrected chi connectivity index (χ1v) is 45.3. The fraction of sp³-hybridized carbons (Fsp3) is 0.355. The van der Waals surface area contributed by atoms with Gasteiger partial charge in [0.25, 0.3) is 4.52 Å². The highest BCUT2D eigenvalue weighted by atomic mass is 35.5. The summed E-state index contributed by atoms with van der Waals surface area (Å²) in [7, 11) is 0. The van der Waals surface area contributed by atoms with Crippen molar-refractivity contribution in [3.63, 3.8) is 0 Å². The quantitative estimate of drug-likeness (QED) is 0.00730. The first-order chi connectivity index (χ1) is 62.5. The number of unbranched alkanes of at least 4 members (excludes halogenated alkanes) is 1. The van der Waals surface area contributed by atoms with Crippen LogP contribution in [0.25, 0.3) is 10.9 Å². The maximum absolute atomic E-state index is 12.6. The number of thioether (sulfide) groups is 2. The lowest BCUT2D eigenvalue weighted by Crippen LogP contribution is -2.46. The maximum Gasteiger partial charge on any atom is 0.409 e. The summed E-state index contributed by atoms with van der Waals surface area (Å²) in [6, 6.07) is 60.6. The molecule has 132 heavy (non-hydrogen) atoms. The van der Waals surface area contributed by atoms with E-state index in [0.29, 0.717) is 78.7 Å². The summed E-state index contributed by atoms with van der Waals surface area (Å²) in [4.78, 5) is 116. The van der Waals surface area contributed by atoms with Crippen LogP contribution in [0.5, 0.6) is 11.5 Å². The Labute approximate surface area is 795 Å². The molecule has 0 saturated carbocycles. The average molecular weight is 1950 g/mol. The van der Waals surface area contributed by atoms with Gasteiger partial charge < -0.3 is 97.3 Å². The number of aliphatic carboxylic acids is 8. The number of halogens is 4. The molecule has 9 aromatic rings. The molecular weight excluding hydrogens is 1830 g/mol. The number of rotatable bonds is 43. The number of nitrogens with zero attached hydrogens (tertiary/aromatic N) is 1. The fourth-order valence-corrected chi connectivity index (χ4v) is 13.2. The summed E-state index contributed by atoms with van der Waals surface area (Å²) < 4.78 is 20.6. The van der Waals surface area contributed by atoms with E-state index in [1.165, 1.54) is 34.9 Å². The van der Waals surface area contributed by atoms with Crippen LogP contribution in [-0.4, -0.2) is 206 Å². The summed E-state index contributed by atoms with van der Waals surface area (Å²) in [5.41, 5.74) is 22.3. The number of H-pyrrole nitrogens is 1. The van der Waals surface area contributed by atoms with Gasteiger partial charge in [0, 0.05) is 72.2 Å². The number of carboxylic acids is 8. The second kappa shape index (κ2) is 62.2. The Kier molecular flexibility index (Phi) is 54.2. The first kappa shape index (κ1) is 115. The third-order valence-corrected chi connectivity index (χ3v) is 20.9. The molecule has 33 nitrogen and oxygen atoms in total. The number of aliphatic hydroxyl groups is 1. The number of carbonyl (C=O) groups excluding carboxylic acids is 2. The molecule has 1 unspecified atom stereocenters. The highest BCUT2D eigenvalue weighted by Gasteiger charge is 2.32. The topological polar surface area (TPSA) is 547 Å². The molecule has 8 aromatic carbocycles. The lowest BCUT2D eigenvalue weighted by atomic mass is 10.0. The van der Waals surface area contributed by atoms with Crippen LogP contribution in [0.15, 0.2) is 231 Å². The first-order valence-electron chi connectivity index (χ1n) is 41.2. The van der Waals surface area contributed by atoms with Gasteiger partial charge in [-0.1, -0.05) is 231 Å². The molecule has 2 amide bonds. The van der Waals surface area contributed by atoms with Gasteiger partial charge in [0.15, 0.2) is 6.23 Å². The zero-order chi connectivity index (χ0) is 98.5. The molecule has 718 valence electrons. The van der Waals surface area contributed by atoms with Crippen LogP contribution in [-0.2, 0) is 91.2 Å². The lowest BCUT2D eigenvalue weighted by Gasteiger charge is -2.25. The standard InChI is InChI=1S/C25H30N4O6.C21H23Cl2NO5.C16H15Cl2NO3.2C11H15NO2S.C5H11NO2.C4H9NO3/c26-13-7-6-12-20(23(30)31)29-25(34)35-22(16-8-2-1-3-9-16)28-21(24(32)33)14-17-15-27-19-11-5-4-10-18(17)19;1-20(2,3)29-19(27)24-17(18(25)26)13-14-9-11-16(12-10-14)28-21(22,23)15-7-5-4-6-8-15;17-19(11-13-4-2-1-3-5-13)15(16(20)21)10-12-6-8-14(22-18)9-7-12;2*1-15-8-10(11(13)14)12-7-9-5-3-2-4-6-9;1-3(2)4(6)5(7)8;1-2(6)3(5)4(7)8/h1-5,8-11,15,20-22,27-28H,6-7,12-14,26H2,(H,29,34)(H,30,31)(H,32,33);4-12,17H,13H2,1-3H3,(H,24,27)(H,25,26);1-9,15H,10-11H2,(H,20,21);2*2-6,10,12H,7-8H2,1H3,(H,13,14);3-4H,6H2,1-2H3,(H,7,8);2-3,6H,5H2,1H3,(H,7,8)/t20-,21+,22?;17-;15-;2*10-;4-;2-,3+/m0100001/s1. The Bertz CT molecular complexity index is 4810. The van der Waals surface area contributed by atoms with Crippen LogP contribution in [0.4, 0.5) is 9.59 Å². The van der Waals surface area contributed by atoms with Gasteiger partial charge in [-0.2, -0.15) is 23.5 Å². The molecule has 21 N–H and O–H groups in total. The molecule has 0 aliphatic heterocycles. The van der Waals surface area contributed by atoms with E-state index in [2.05, 4.69) is 35.9 Å². The van der Waals surface area contributed by atoms with Crippen molar-refractivity contribution in [1.29, 1.82) is 0 Å². The van der Waals surface area contributed by atoms with Crippen LogP contribution in [0, 0.1) is 5.92 Å². The van der Waals surface area contributed by atoms with Crippen LogP contribution >= 0.6 is 70.4 Å². The largest absolute Gasteiger partial charge is 0.480 e. The number of nitrogens with two attached hydrogens (primary N) is 3. The number of benzene rings is 8. The van der Waals surface area contributed by atoms with Crippen molar-refractivity contribution < 1.29 is 112 Å². The summed E-state index contributed by atoms with van der Waals surface area (Å²) in [5.74, 6) is -6.03. The number of carboxylic acid groups (broad SMARTS) is 8. The average Bonchev–Trinajstić information content (AvgIpc) is 0.858. The van der Waals surface area contributed by atoms with Gasteiger partial charge >= 0.3 is 59.9 Å². The molecule has 0 radical (unpaired) electrons. The van der Waals surface area contributed by atoms with Crippen LogP contribution in [0.1, 0.15) is 112 Å². The monoisotopic (exact) mass is 1950 g/mol. The Balaban J connectivity index is 0.000000419. The molecule has 0 spiro atoms. The van der Waals surface area contributed by atoms with E-state index in [-0.39, 0.29) is 31.6 Å². The van der Waals surface area contributed by atoms with Crippen molar-refractivity contribution in [2.45, 2.75) is 170 Å². The molecule has 9 rings (SSSR count). The number of aliphatic hydroxyl groups excluding tert-OH is 1. The van der Waals surface area contributed by atoms with Gasteiger partial charge in [-0.05, 0) is 154 Å². The van der Waals surface area contributed by atoms with Crippen molar-refractivity contribution in [3.8, 4) is 11.5 Å². The Morgan fingerprint density at radius 3 is 1.33 bits per heavy atom. The number of alkyl halides is 2. The van der Waals surface area contributed by atoms with E-state index in [1.54, 1.807) is 144 Å². The Morgan fingerprint density at radius 2 is 0.917 bits per heavy atom. The second-order valence-corrected chi connectivity index (χ2v) is 34.1. The molecular formula is C93H118Cl4N10O23S2. The number of aromatic amines is 1. The number of ether oxygens (including phenoxy) is 3. The van der Waals surface area contributed by atoms with Crippen molar-refractivity contribution >= 4 is 141 Å². The third-order valence-electron chi connectivity index (χ3n) is 18.4. The normalized spacial score (nSPS) is 13.1. The number of carbonyl (C=O) groups is 10. The van der Waals surface area contributed by atoms with E-state index in [1.807, 2.05) is 134 Å². The molecule has 39 heteroatoms. The fourth-order valence-electron chi connectivity index (χ4n) is 11.2. The van der Waals surface area contributed by atoms with Gasteiger partial charge in [-0.25, -0.2) is 23.6 Å². The van der Waals surface area contributed by atoms with E-state index in [9.17, 15) is 68.4 Å². The van der Waals surface area contributed by atoms with Gasteiger partial charge in [0.2, 0.25) is 0 Å². The van der Waals surface area contributed by atoms with Crippen molar-refractivity contribution in [2.24, 2.45) is 23.1 Å². The Hall–Kier alpha value is -11.3. The summed E-state index contributed by atoms with van der Waals surface area (Å²) in [6.07, 6.45) is 3.54. The highest BCUT2D eigenvalue weighted by molar-refractivity contribution is 7.98. The molecule has 0 fully saturated rings. The molecule has 0 aliphatic rings. The van der Waals surface area contributed by atoms with Gasteiger partial charge in [-0.3, -0.25) is 44.7 Å². The predicted molar refractivity (Wildman–Crippen MR) is 511 cm³/mol. The molecule has 1 heterocycles. The number of alkyl carbamates (subject to hydrolysis) is 2. The second-order valence-electron chi connectivity index (χ2n) is 30.5. The molecule has 0 aliphatic carbocycles. The van der Waals surface area contributed by atoms with Crippen molar-refractivity contribution in [3.05, 3.63) is 275 Å². The van der Waals surface area contributed by atoms with E-state index >= 15 is 0 Å². The molecule has 0 bridgehead atoms. The van der Waals surface area contributed by atoms with Gasteiger partial charge in [-0.15, -0.1) is 0 Å². The minimum atomic E-state index is -1.56. The maximum atomic E-state index is 12.6. The van der Waals surface area contributed by atoms with Gasteiger partial charge in [0.05, 0.1) is 6.10 Å². The van der Waals surface area contributed by atoms with Crippen LogP contribution in [0.3, 0.4) is 0 Å². The zero-order valence-corrected chi connectivity index (χ0v) is 78.7. The zero-order valence-electron chi connectivity index (χ0n) is 74.0. The van der Waals surface area contributed by atoms with Crippen LogP contribution in [0.2, 0.25) is 0 Å². The number of aromatic nitrogens is 1. The Morgan fingerprint density at radius 1 is 0.485 bits per heavy atom. The SMILES string of the molecule is CC(C)(C)OC(=O)N[C@H](Cc1ccc(OC(Cl)(Cl)c2ccccc2)cc1)C(=O)O.CC(C)[C@H](N)C(=O)O.CSC[C@H](NCc1ccccc1)C(=O)O.CSC[C@H](NCc1ccccc1)C(=O)O.C[C@@H](O)[C@H](N)C(=O)O.NCCCC[C@H](NC(=O)OC(N[C@H](Cc1c[nH]c2ccccc12)C(=O)O)c1ccccc1)C(=O)O.O=C(O)[C@H](Cc1ccc(OCl)cc1)N(Cl)Cc1ccccc1. The van der Waals surface area contributed by atoms with Crippen LogP contribution < -0.4 is 52.8 Å². The molecule has 1 aromatic heterocycles. The van der Waals surface area contributed by atoms with Crippen molar-refractivity contribution in [1.82, 2.24) is 36.0 Å². The van der Waals surface area contributed by atoms with E-state index < -0.39 is 131 Å². The molecule has 10 atom stereocenters. The summed E-state index contributed by atoms with van der Waals surface area (Å²) in [6.45, 7) is 11.9. The van der Waals surface area contributed by atoms with Gasteiger partial charge in [0.1, 0.15) is 77.3 Å². The highest BCUT2D eigenvalue weighted by Crippen LogP contribution is 2.37. The smallest absolute Gasteiger partial charge is 0.409 e. The number of amides is 2. The third kappa shape index (κ3) is 46.7. The lowest BCUT2D eigenvalue weighted by molar-refractivity contribution is -0.142. The molecule has 0 saturated heterocycles. The summed E-state index contributed by atoms with van der Waals surface area (Å²) in [5, 5.41) is 95.3.